The predicted molar refractivity (Wildman–Crippen MR) is 49.5 cm³/mol. The van der Waals surface area contributed by atoms with Gasteiger partial charge in [-0.25, -0.2) is 0 Å². The van der Waals surface area contributed by atoms with Crippen molar-refractivity contribution in [3.8, 4) is 0 Å². The Morgan fingerprint density at radius 2 is 2.08 bits per heavy atom. The zero-order chi connectivity index (χ0) is 9.78. The third kappa shape index (κ3) is 6.65. The summed E-state index contributed by atoms with van der Waals surface area (Å²) < 4.78 is 30.2. The molecule has 0 radical (unpaired) electrons. The van der Waals surface area contributed by atoms with Crippen molar-refractivity contribution in [3.63, 3.8) is 0 Å². The average Bonchev–Trinajstić information content (AvgIpc) is 1.84. The van der Waals surface area contributed by atoms with E-state index in [4.69, 9.17) is 4.55 Å². The van der Waals surface area contributed by atoms with Gasteiger partial charge in [0.05, 0.1) is 0 Å². The van der Waals surface area contributed by atoms with Crippen LogP contribution in [0.2, 0.25) is 0 Å². The molecule has 0 rings (SSSR count). The van der Waals surface area contributed by atoms with Crippen molar-refractivity contribution in [3.05, 3.63) is 12.7 Å². The van der Waals surface area contributed by atoms with E-state index < -0.39 is 15.5 Å². The minimum absolute atomic E-state index is 0. The van der Waals surface area contributed by atoms with Crippen LogP contribution in [0.15, 0.2) is 12.7 Å². The SMILES string of the molecule is C=CCNC(C(C)C)S(=O)(=O)O.[H-].[Na+]. The Bertz CT molecular complexity index is 243. The van der Waals surface area contributed by atoms with Crippen LogP contribution in [0.4, 0.5) is 0 Å². The van der Waals surface area contributed by atoms with Crippen molar-refractivity contribution in [2.24, 2.45) is 5.92 Å². The standard InChI is InChI=1S/C7H15NO3S.Na.H/c1-4-5-8-7(6(2)3)12(9,10)11;;/h4,6-8H,1,5H2,2-3H3,(H,9,10,11);;/q;+1;-1. The van der Waals surface area contributed by atoms with E-state index in [1.807, 2.05) is 0 Å². The van der Waals surface area contributed by atoms with Crippen molar-refractivity contribution < 1.29 is 44.0 Å². The van der Waals surface area contributed by atoms with Crippen molar-refractivity contribution in [2.75, 3.05) is 6.54 Å². The minimum atomic E-state index is -4.00. The first-order valence-corrected chi connectivity index (χ1v) is 5.20. The zero-order valence-electron chi connectivity index (χ0n) is 9.32. The largest absolute Gasteiger partial charge is 1.00 e. The Kier molecular flexibility index (Phi) is 8.61. The molecule has 0 aliphatic heterocycles. The summed E-state index contributed by atoms with van der Waals surface area (Å²) in [4.78, 5) is 0. The van der Waals surface area contributed by atoms with Crippen LogP contribution in [0.3, 0.4) is 0 Å². The topological polar surface area (TPSA) is 66.4 Å². The quantitative estimate of drug-likeness (QED) is 0.310. The van der Waals surface area contributed by atoms with Gasteiger partial charge in [0.1, 0.15) is 5.37 Å². The Labute approximate surface area is 103 Å². The average molecular weight is 217 g/mol. The molecule has 13 heavy (non-hydrogen) atoms. The number of nitrogens with one attached hydrogen (secondary N) is 1. The van der Waals surface area contributed by atoms with Gasteiger partial charge in [-0.2, -0.15) is 8.42 Å². The van der Waals surface area contributed by atoms with Gasteiger partial charge in [0.15, 0.2) is 0 Å². The molecule has 0 aromatic rings. The van der Waals surface area contributed by atoms with Gasteiger partial charge in [-0.3, -0.25) is 9.87 Å². The number of hydrogen-bond donors (Lipinski definition) is 2. The summed E-state index contributed by atoms with van der Waals surface area (Å²) in [7, 11) is -4.00. The predicted octanol–water partition coefficient (Wildman–Crippen LogP) is -2.25. The van der Waals surface area contributed by atoms with Gasteiger partial charge in [0.2, 0.25) is 0 Å². The summed E-state index contributed by atoms with van der Waals surface area (Å²) in [6.07, 6.45) is 1.54. The summed E-state index contributed by atoms with van der Waals surface area (Å²) in [6, 6.07) is 0. The van der Waals surface area contributed by atoms with E-state index in [1.54, 1.807) is 19.9 Å². The molecule has 1 atom stereocenters. The van der Waals surface area contributed by atoms with Crippen LogP contribution >= 0.6 is 0 Å². The molecule has 0 saturated heterocycles. The summed E-state index contributed by atoms with van der Waals surface area (Å²) >= 11 is 0. The molecule has 0 saturated carbocycles. The second-order valence-electron chi connectivity index (χ2n) is 2.88. The van der Waals surface area contributed by atoms with Crippen LogP contribution < -0.4 is 34.9 Å². The van der Waals surface area contributed by atoms with Gasteiger partial charge in [0, 0.05) is 6.54 Å². The Hall–Kier alpha value is 0.610. The molecule has 6 heteroatoms. The first kappa shape index (κ1) is 16.1. The summed E-state index contributed by atoms with van der Waals surface area (Å²) in [6.45, 7) is 7.23. The maximum absolute atomic E-state index is 10.7. The van der Waals surface area contributed by atoms with Gasteiger partial charge in [-0.1, -0.05) is 19.9 Å². The molecule has 0 aliphatic rings. The van der Waals surface area contributed by atoms with E-state index in [-0.39, 0.29) is 36.9 Å². The molecule has 4 nitrogen and oxygen atoms in total. The second kappa shape index (κ2) is 6.98. The molecule has 0 fully saturated rings. The Morgan fingerprint density at radius 1 is 1.62 bits per heavy atom. The third-order valence-electron chi connectivity index (χ3n) is 1.39. The first-order valence-electron chi connectivity index (χ1n) is 3.70. The smallest absolute Gasteiger partial charge is 1.00 e. The Morgan fingerprint density at radius 3 is 2.31 bits per heavy atom. The molecule has 0 heterocycles. The fourth-order valence-corrected chi connectivity index (χ4v) is 1.88. The van der Waals surface area contributed by atoms with Crippen molar-refractivity contribution in [2.45, 2.75) is 19.2 Å². The molecule has 0 aliphatic carbocycles. The summed E-state index contributed by atoms with van der Waals surface area (Å²) in [5, 5.41) is 1.75. The van der Waals surface area contributed by atoms with Crippen molar-refractivity contribution in [1.29, 1.82) is 0 Å². The van der Waals surface area contributed by atoms with E-state index in [0.717, 1.165) is 0 Å². The fourth-order valence-electron chi connectivity index (χ4n) is 0.884. The first-order chi connectivity index (χ1) is 5.39. The molecule has 0 aromatic carbocycles. The van der Waals surface area contributed by atoms with Crippen LogP contribution in [-0.2, 0) is 10.1 Å². The van der Waals surface area contributed by atoms with Crippen molar-refractivity contribution >= 4 is 10.1 Å². The fraction of sp³-hybridized carbons (Fsp3) is 0.714. The van der Waals surface area contributed by atoms with E-state index in [0.29, 0.717) is 6.54 Å². The third-order valence-corrected chi connectivity index (χ3v) is 2.74. The Balaban J connectivity index is -0.000000605. The number of rotatable bonds is 5. The second-order valence-corrected chi connectivity index (χ2v) is 4.41. The molecule has 2 N–H and O–H groups in total. The molecule has 0 bridgehead atoms. The van der Waals surface area contributed by atoms with Gasteiger partial charge >= 0.3 is 29.6 Å². The molecule has 1 unspecified atom stereocenters. The molecule has 0 amide bonds. The monoisotopic (exact) mass is 217 g/mol. The summed E-state index contributed by atoms with van der Waals surface area (Å²) in [5.74, 6) is -0.167. The van der Waals surface area contributed by atoms with Crippen LogP contribution in [0.1, 0.15) is 15.3 Å². The van der Waals surface area contributed by atoms with Gasteiger partial charge in [-0.15, -0.1) is 6.58 Å². The normalized spacial score (nSPS) is 13.5. The van der Waals surface area contributed by atoms with Crippen LogP contribution in [0, 0.1) is 5.92 Å². The van der Waals surface area contributed by atoms with E-state index in [2.05, 4.69) is 11.9 Å². The zero-order valence-corrected chi connectivity index (χ0v) is 11.1. The van der Waals surface area contributed by atoms with Gasteiger partial charge < -0.3 is 1.43 Å². The van der Waals surface area contributed by atoms with Crippen molar-refractivity contribution in [1.82, 2.24) is 5.32 Å². The maximum Gasteiger partial charge on any atom is 1.00 e. The number of hydrogen-bond acceptors (Lipinski definition) is 3. The van der Waals surface area contributed by atoms with Crippen LogP contribution in [0.25, 0.3) is 0 Å². The van der Waals surface area contributed by atoms with E-state index in [1.165, 1.54) is 0 Å². The molecule has 0 aromatic heterocycles. The molecule has 0 spiro atoms. The van der Waals surface area contributed by atoms with Gasteiger partial charge in [-0.05, 0) is 5.92 Å². The van der Waals surface area contributed by atoms with E-state index in [9.17, 15) is 8.42 Å². The van der Waals surface area contributed by atoms with Crippen LogP contribution in [-0.4, -0.2) is 24.9 Å². The molecular weight excluding hydrogens is 201 g/mol. The van der Waals surface area contributed by atoms with Crippen LogP contribution in [0.5, 0.6) is 0 Å². The van der Waals surface area contributed by atoms with Gasteiger partial charge in [0.25, 0.3) is 10.1 Å². The molecule has 74 valence electrons. The maximum atomic E-state index is 10.7. The summed E-state index contributed by atoms with van der Waals surface area (Å²) in [5.41, 5.74) is 0. The minimum Gasteiger partial charge on any atom is -1.00 e. The molecular formula is C7H16NNaO3S. The van der Waals surface area contributed by atoms with E-state index >= 15 is 0 Å².